The maximum Gasteiger partial charge on any atom is 0.225 e. The summed E-state index contributed by atoms with van der Waals surface area (Å²) >= 11 is 5.82. The number of hydrogen-bond donors (Lipinski definition) is 2. The summed E-state index contributed by atoms with van der Waals surface area (Å²) in [6, 6.07) is 12.8. The van der Waals surface area contributed by atoms with Crippen LogP contribution in [0, 0.1) is 0 Å². The summed E-state index contributed by atoms with van der Waals surface area (Å²) < 4.78 is 0. The molecule has 1 amide bonds. The topological polar surface area (TPSA) is 68.0 Å². The zero-order valence-electron chi connectivity index (χ0n) is 10.9. The lowest BCUT2D eigenvalue weighted by atomic mass is 10.0. The SMILES string of the molecule is NC(CCC(=O)Nc1cc(Cl)ccn1)c1ccccc1. The van der Waals surface area contributed by atoms with Gasteiger partial charge in [0, 0.05) is 23.7 Å². The Morgan fingerprint density at radius 1 is 1.30 bits per heavy atom. The molecule has 2 rings (SSSR count). The Balaban J connectivity index is 1.83. The number of pyridine rings is 1. The molecular formula is C15H16ClN3O. The van der Waals surface area contributed by atoms with E-state index < -0.39 is 0 Å². The van der Waals surface area contributed by atoms with Crippen LogP contribution in [-0.4, -0.2) is 10.9 Å². The van der Waals surface area contributed by atoms with Crippen LogP contribution in [0.4, 0.5) is 5.82 Å². The zero-order valence-corrected chi connectivity index (χ0v) is 11.7. The second kappa shape index (κ2) is 7.03. The number of hydrogen-bond acceptors (Lipinski definition) is 3. The standard InChI is InChI=1S/C15H16ClN3O/c16-12-8-9-18-14(10-12)19-15(20)7-6-13(17)11-4-2-1-3-5-11/h1-5,8-10,13H,6-7,17H2,(H,18,19,20). The number of aromatic nitrogens is 1. The van der Waals surface area contributed by atoms with Gasteiger partial charge in [0.1, 0.15) is 5.82 Å². The average Bonchev–Trinajstić information content (AvgIpc) is 2.46. The largest absolute Gasteiger partial charge is 0.324 e. The molecule has 0 saturated heterocycles. The van der Waals surface area contributed by atoms with E-state index in [1.807, 2.05) is 30.3 Å². The molecule has 5 heteroatoms. The molecule has 3 N–H and O–H groups in total. The van der Waals surface area contributed by atoms with E-state index in [1.54, 1.807) is 18.3 Å². The molecule has 1 heterocycles. The van der Waals surface area contributed by atoms with Crippen molar-refractivity contribution >= 4 is 23.3 Å². The number of rotatable bonds is 5. The zero-order chi connectivity index (χ0) is 14.4. The molecule has 0 aliphatic rings. The summed E-state index contributed by atoms with van der Waals surface area (Å²) in [6.45, 7) is 0. The molecule has 1 aromatic heterocycles. The van der Waals surface area contributed by atoms with Gasteiger partial charge in [0.05, 0.1) is 0 Å². The third-order valence-electron chi connectivity index (χ3n) is 2.90. The molecule has 1 aromatic carbocycles. The van der Waals surface area contributed by atoms with Crippen LogP contribution in [0.1, 0.15) is 24.4 Å². The highest BCUT2D eigenvalue weighted by Gasteiger charge is 2.09. The molecule has 0 radical (unpaired) electrons. The Kier molecular flexibility index (Phi) is 5.09. The molecule has 0 aliphatic heterocycles. The van der Waals surface area contributed by atoms with E-state index in [-0.39, 0.29) is 11.9 Å². The summed E-state index contributed by atoms with van der Waals surface area (Å²) in [5.74, 6) is 0.335. The van der Waals surface area contributed by atoms with Gasteiger partial charge in [-0.25, -0.2) is 4.98 Å². The summed E-state index contributed by atoms with van der Waals surface area (Å²) in [5.41, 5.74) is 7.07. The molecule has 0 aliphatic carbocycles. The first kappa shape index (κ1) is 14.5. The Bertz CT molecular complexity index is 574. The lowest BCUT2D eigenvalue weighted by Crippen LogP contribution is -2.17. The monoisotopic (exact) mass is 289 g/mol. The van der Waals surface area contributed by atoms with Crippen molar-refractivity contribution in [2.24, 2.45) is 5.73 Å². The summed E-state index contributed by atoms with van der Waals surface area (Å²) in [4.78, 5) is 15.8. The van der Waals surface area contributed by atoms with Gasteiger partial charge in [0.15, 0.2) is 0 Å². The molecule has 2 aromatic rings. The normalized spacial score (nSPS) is 11.9. The smallest absolute Gasteiger partial charge is 0.225 e. The second-order valence-electron chi connectivity index (χ2n) is 4.46. The Morgan fingerprint density at radius 3 is 2.75 bits per heavy atom. The average molecular weight is 290 g/mol. The number of nitrogens with two attached hydrogens (primary N) is 1. The number of halogens is 1. The number of nitrogens with one attached hydrogen (secondary N) is 1. The lowest BCUT2D eigenvalue weighted by molar-refractivity contribution is -0.116. The number of carbonyl (C=O) groups is 1. The highest BCUT2D eigenvalue weighted by Crippen LogP contribution is 2.16. The fourth-order valence-corrected chi connectivity index (χ4v) is 1.99. The fourth-order valence-electron chi connectivity index (χ4n) is 1.83. The van der Waals surface area contributed by atoms with Gasteiger partial charge in [0.25, 0.3) is 0 Å². The predicted molar refractivity (Wildman–Crippen MR) is 80.5 cm³/mol. The molecule has 0 saturated carbocycles. The first-order valence-corrected chi connectivity index (χ1v) is 6.75. The minimum absolute atomic E-state index is 0.119. The molecular weight excluding hydrogens is 274 g/mol. The molecule has 0 fully saturated rings. The van der Waals surface area contributed by atoms with E-state index >= 15 is 0 Å². The maximum atomic E-state index is 11.8. The van der Waals surface area contributed by atoms with Crippen molar-refractivity contribution in [3.63, 3.8) is 0 Å². The van der Waals surface area contributed by atoms with Crippen molar-refractivity contribution in [3.05, 3.63) is 59.2 Å². The van der Waals surface area contributed by atoms with Crippen molar-refractivity contribution in [2.45, 2.75) is 18.9 Å². The van der Waals surface area contributed by atoms with E-state index in [9.17, 15) is 4.79 Å². The van der Waals surface area contributed by atoms with Gasteiger partial charge < -0.3 is 11.1 Å². The predicted octanol–water partition coefficient (Wildman–Crippen LogP) is 3.15. The van der Waals surface area contributed by atoms with Crippen molar-refractivity contribution < 1.29 is 4.79 Å². The van der Waals surface area contributed by atoms with Gasteiger partial charge in [-0.1, -0.05) is 41.9 Å². The Hall–Kier alpha value is -1.91. The molecule has 0 spiro atoms. The van der Waals surface area contributed by atoms with Crippen LogP contribution in [0.3, 0.4) is 0 Å². The van der Waals surface area contributed by atoms with Gasteiger partial charge in [-0.15, -0.1) is 0 Å². The summed E-state index contributed by atoms with van der Waals surface area (Å²) in [6.07, 6.45) is 2.47. The third-order valence-corrected chi connectivity index (χ3v) is 3.13. The van der Waals surface area contributed by atoms with Gasteiger partial charge in [-0.2, -0.15) is 0 Å². The van der Waals surface area contributed by atoms with Gasteiger partial charge in [0.2, 0.25) is 5.91 Å². The molecule has 0 bridgehead atoms. The minimum Gasteiger partial charge on any atom is -0.324 e. The third kappa shape index (κ3) is 4.33. The highest BCUT2D eigenvalue weighted by molar-refractivity contribution is 6.30. The molecule has 104 valence electrons. The van der Waals surface area contributed by atoms with Crippen LogP contribution >= 0.6 is 11.6 Å². The number of amides is 1. The maximum absolute atomic E-state index is 11.8. The summed E-state index contributed by atoms with van der Waals surface area (Å²) in [5, 5.41) is 3.24. The lowest BCUT2D eigenvalue weighted by Gasteiger charge is -2.11. The van der Waals surface area contributed by atoms with Crippen LogP contribution in [0.2, 0.25) is 5.02 Å². The van der Waals surface area contributed by atoms with E-state index in [1.165, 1.54) is 0 Å². The Labute approximate surface area is 123 Å². The fraction of sp³-hybridized carbons (Fsp3) is 0.200. The Morgan fingerprint density at radius 2 is 2.05 bits per heavy atom. The highest BCUT2D eigenvalue weighted by atomic mass is 35.5. The summed E-state index contributed by atoms with van der Waals surface area (Å²) in [7, 11) is 0. The first-order valence-electron chi connectivity index (χ1n) is 6.37. The minimum atomic E-state index is -0.144. The number of benzene rings is 1. The van der Waals surface area contributed by atoms with Crippen LogP contribution in [0.25, 0.3) is 0 Å². The van der Waals surface area contributed by atoms with Gasteiger partial charge >= 0.3 is 0 Å². The second-order valence-corrected chi connectivity index (χ2v) is 4.90. The van der Waals surface area contributed by atoms with Crippen LogP contribution in [-0.2, 0) is 4.79 Å². The molecule has 1 atom stereocenters. The van der Waals surface area contributed by atoms with Crippen molar-refractivity contribution in [1.29, 1.82) is 0 Å². The number of anilines is 1. The molecule has 1 unspecified atom stereocenters. The quantitative estimate of drug-likeness (QED) is 0.888. The van der Waals surface area contributed by atoms with Crippen LogP contribution in [0.5, 0.6) is 0 Å². The number of carbonyl (C=O) groups excluding carboxylic acids is 1. The van der Waals surface area contributed by atoms with E-state index in [0.29, 0.717) is 23.7 Å². The van der Waals surface area contributed by atoms with E-state index in [2.05, 4.69) is 10.3 Å². The number of nitrogens with zero attached hydrogens (tertiary/aromatic N) is 1. The van der Waals surface area contributed by atoms with Crippen molar-refractivity contribution in [2.75, 3.05) is 5.32 Å². The van der Waals surface area contributed by atoms with Crippen LogP contribution in [0.15, 0.2) is 48.7 Å². The van der Waals surface area contributed by atoms with Crippen LogP contribution < -0.4 is 11.1 Å². The van der Waals surface area contributed by atoms with Gasteiger partial charge in [-0.05, 0) is 24.1 Å². The van der Waals surface area contributed by atoms with Crippen molar-refractivity contribution in [3.8, 4) is 0 Å². The van der Waals surface area contributed by atoms with E-state index in [0.717, 1.165) is 5.56 Å². The first-order chi connectivity index (χ1) is 9.65. The van der Waals surface area contributed by atoms with E-state index in [4.69, 9.17) is 17.3 Å². The van der Waals surface area contributed by atoms with Gasteiger partial charge in [-0.3, -0.25) is 4.79 Å². The van der Waals surface area contributed by atoms with Crippen molar-refractivity contribution in [1.82, 2.24) is 4.98 Å². The molecule has 4 nitrogen and oxygen atoms in total. The molecule has 20 heavy (non-hydrogen) atoms.